The summed E-state index contributed by atoms with van der Waals surface area (Å²) in [4.78, 5) is 25.6. The second kappa shape index (κ2) is 6.88. The monoisotopic (exact) mass is 377 g/mol. The first-order valence-electron chi connectivity index (χ1n) is 8.98. The number of para-hydroxylation sites is 1. The van der Waals surface area contributed by atoms with E-state index in [1.54, 1.807) is 25.1 Å². The number of benzene rings is 2. The summed E-state index contributed by atoms with van der Waals surface area (Å²) in [5, 5.41) is 0.611. The van der Waals surface area contributed by atoms with E-state index in [0.29, 0.717) is 16.7 Å². The Morgan fingerprint density at radius 3 is 2.57 bits per heavy atom. The van der Waals surface area contributed by atoms with Crippen LogP contribution in [0.15, 0.2) is 69.2 Å². The lowest BCUT2D eigenvalue weighted by molar-refractivity contribution is -0.139. The number of hydrogen-bond donors (Lipinski definition) is 1. The topological polar surface area (TPSA) is 91.8 Å². The summed E-state index contributed by atoms with van der Waals surface area (Å²) in [6.07, 6.45) is 0. The Labute approximate surface area is 161 Å². The molecule has 0 saturated heterocycles. The maximum atomic E-state index is 12.9. The number of esters is 1. The molecule has 2 aromatic carbocycles. The molecule has 6 nitrogen and oxygen atoms in total. The lowest BCUT2D eigenvalue weighted by atomic mass is 9.83. The van der Waals surface area contributed by atoms with Crippen LogP contribution >= 0.6 is 0 Å². The molecule has 0 amide bonds. The number of ether oxygens (including phenoxy) is 2. The van der Waals surface area contributed by atoms with Gasteiger partial charge in [-0.25, -0.2) is 9.59 Å². The first-order valence-corrected chi connectivity index (χ1v) is 8.98. The predicted molar refractivity (Wildman–Crippen MR) is 104 cm³/mol. The summed E-state index contributed by atoms with van der Waals surface area (Å²) in [7, 11) is 0. The summed E-state index contributed by atoms with van der Waals surface area (Å²) in [5.41, 5.74) is 8.07. The Morgan fingerprint density at radius 2 is 1.86 bits per heavy atom. The zero-order valence-corrected chi connectivity index (χ0v) is 15.5. The molecular formula is C22H19NO5. The molecule has 6 heteroatoms. The molecule has 0 unspecified atom stereocenters. The van der Waals surface area contributed by atoms with E-state index in [-0.39, 0.29) is 23.6 Å². The van der Waals surface area contributed by atoms with E-state index in [0.717, 1.165) is 11.1 Å². The van der Waals surface area contributed by atoms with E-state index in [9.17, 15) is 9.59 Å². The van der Waals surface area contributed by atoms with Crippen molar-refractivity contribution in [2.45, 2.75) is 19.8 Å². The van der Waals surface area contributed by atoms with Crippen LogP contribution in [-0.2, 0) is 9.53 Å². The van der Waals surface area contributed by atoms with Gasteiger partial charge in [0.2, 0.25) is 5.88 Å². The maximum Gasteiger partial charge on any atom is 0.344 e. The van der Waals surface area contributed by atoms with Crippen molar-refractivity contribution in [2.24, 2.45) is 5.73 Å². The highest BCUT2D eigenvalue weighted by Gasteiger charge is 2.39. The summed E-state index contributed by atoms with van der Waals surface area (Å²) in [6, 6.07) is 14.6. The minimum absolute atomic E-state index is 0.0766. The molecule has 0 fully saturated rings. The van der Waals surface area contributed by atoms with E-state index >= 15 is 0 Å². The van der Waals surface area contributed by atoms with E-state index in [1.807, 2.05) is 37.3 Å². The number of aryl methyl sites for hydroxylation is 1. The third-order valence-corrected chi connectivity index (χ3v) is 4.76. The average Bonchev–Trinajstić information content (AvgIpc) is 2.68. The van der Waals surface area contributed by atoms with Gasteiger partial charge in [-0.2, -0.15) is 0 Å². The molecule has 0 spiro atoms. The van der Waals surface area contributed by atoms with Crippen LogP contribution in [0, 0.1) is 6.92 Å². The van der Waals surface area contributed by atoms with Gasteiger partial charge in [0.05, 0.1) is 23.5 Å². The van der Waals surface area contributed by atoms with Crippen molar-refractivity contribution in [1.82, 2.24) is 0 Å². The van der Waals surface area contributed by atoms with Crippen molar-refractivity contribution in [3.63, 3.8) is 0 Å². The van der Waals surface area contributed by atoms with Crippen molar-refractivity contribution < 1.29 is 18.7 Å². The number of fused-ring (bicyclic) bond motifs is 3. The minimum Gasteiger partial charge on any atom is -0.462 e. The molecule has 0 aliphatic carbocycles. The molecule has 2 heterocycles. The van der Waals surface area contributed by atoms with E-state index < -0.39 is 17.5 Å². The Balaban J connectivity index is 2.03. The van der Waals surface area contributed by atoms with Crippen LogP contribution in [0.2, 0.25) is 0 Å². The molecule has 1 aliphatic rings. The lowest BCUT2D eigenvalue weighted by Gasteiger charge is -2.28. The Hall–Kier alpha value is -3.54. The molecule has 28 heavy (non-hydrogen) atoms. The zero-order chi connectivity index (χ0) is 19.8. The Kier molecular flexibility index (Phi) is 4.39. The van der Waals surface area contributed by atoms with Gasteiger partial charge in [0.25, 0.3) is 0 Å². The molecule has 0 radical (unpaired) electrons. The normalized spacial score (nSPS) is 15.9. The highest BCUT2D eigenvalue weighted by molar-refractivity contribution is 5.94. The molecule has 1 atom stereocenters. The summed E-state index contributed by atoms with van der Waals surface area (Å²) >= 11 is 0. The molecule has 3 aromatic rings. The third kappa shape index (κ3) is 2.83. The minimum atomic E-state index is -0.746. The maximum absolute atomic E-state index is 12.9. The fourth-order valence-electron chi connectivity index (χ4n) is 3.47. The average molecular weight is 377 g/mol. The molecule has 4 rings (SSSR count). The highest BCUT2D eigenvalue weighted by atomic mass is 16.5. The first kappa shape index (κ1) is 17.9. The number of carbonyl (C=O) groups is 1. The van der Waals surface area contributed by atoms with Crippen LogP contribution in [0.5, 0.6) is 5.75 Å². The van der Waals surface area contributed by atoms with Crippen LogP contribution in [0.25, 0.3) is 11.0 Å². The number of hydrogen-bond acceptors (Lipinski definition) is 6. The molecule has 1 aromatic heterocycles. The van der Waals surface area contributed by atoms with Crippen LogP contribution in [0.1, 0.15) is 29.5 Å². The molecule has 2 N–H and O–H groups in total. The number of nitrogens with two attached hydrogens (primary N) is 1. The van der Waals surface area contributed by atoms with Gasteiger partial charge in [-0.05, 0) is 31.5 Å². The van der Waals surface area contributed by atoms with E-state index in [4.69, 9.17) is 19.6 Å². The van der Waals surface area contributed by atoms with E-state index in [2.05, 4.69) is 0 Å². The molecule has 142 valence electrons. The van der Waals surface area contributed by atoms with Crippen LogP contribution in [0.4, 0.5) is 0 Å². The second-order valence-corrected chi connectivity index (χ2v) is 6.57. The SMILES string of the molecule is CCOC(=O)C1=C(N)Oc2c(c(=O)oc3ccccc23)[C@@H]1c1ccc(C)cc1. The quantitative estimate of drug-likeness (QED) is 0.556. The third-order valence-electron chi connectivity index (χ3n) is 4.76. The molecule has 0 saturated carbocycles. The summed E-state index contributed by atoms with van der Waals surface area (Å²) in [6.45, 7) is 3.84. The van der Waals surface area contributed by atoms with Gasteiger partial charge in [0.15, 0.2) is 5.75 Å². The number of carbonyl (C=O) groups excluding carboxylic acids is 1. The van der Waals surface area contributed by atoms with Crippen LogP contribution in [-0.4, -0.2) is 12.6 Å². The standard InChI is InChI=1S/C22H19NO5/c1-3-26-21(24)18-16(13-10-8-12(2)9-11-13)17-19(28-20(18)23)14-6-4-5-7-15(14)27-22(17)25/h4-11,16H,3,23H2,1-2H3/t16-/m0/s1. The van der Waals surface area contributed by atoms with Gasteiger partial charge in [0, 0.05) is 0 Å². The predicted octanol–water partition coefficient (Wildman–Crippen LogP) is 3.36. The zero-order valence-electron chi connectivity index (χ0n) is 15.5. The van der Waals surface area contributed by atoms with E-state index in [1.165, 1.54) is 0 Å². The molecule has 1 aliphatic heterocycles. The Bertz CT molecular complexity index is 1160. The molecular weight excluding hydrogens is 358 g/mol. The first-order chi connectivity index (χ1) is 13.5. The van der Waals surface area contributed by atoms with Crippen LogP contribution < -0.4 is 16.1 Å². The van der Waals surface area contributed by atoms with Gasteiger partial charge in [0.1, 0.15) is 11.2 Å². The van der Waals surface area contributed by atoms with Crippen molar-refractivity contribution in [3.05, 3.63) is 87.1 Å². The lowest BCUT2D eigenvalue weighted by Crippen LogP contribution is -2.31. The van der Waals surface area contributed by atoms with Gasteiger partial charge in [-0.15, -0.1) is 0 Å². The molecule has 0 bridgehead atoms. The van der Waals surface area contributed by atoms with Gasteiger partial charge in [-0.3, -0.25) is 0 Å². The van der Waals surface area contributed by atoms with Crippen molar-refractivity contribution >= 4 is 16.9 Å². The smallest absolute Gasteiger partial charge is 0.344 e. The van der Waals surface area contributed by atoms with Gasteiger partial charge < -0.3 is 19.6 Å². The van der Waals surface area contributed by atoms with Crippen molar-refractivity contribution in [2.75, 3.05) is 6.61 Å². The van der Waals surface area contributed by atoms with Crippen LogP contribution in [0.3, 0.4) is 0 Å². The largest absolute Gasteiger partial charge is 0.462 e. The fourth-order valence-corrected chi connectivity index (χ4v) is 3.47. The second-order valence-electron chi connectivity index (χ2n) is 6.57. The summed E-state index contributed by atoms with van der Waals surface area (Å²) < 4.78 is 16.5. The summed E-state index contributed by atoms with van der Waals surface area (Å²) in [5.74, 6) is -1.14. The van der Waals surface area contributed by atoms with Crippen molar-refractivity contribution in [3.8, 4) is 5.75 Å². The fraction of sp³-hybridized carbons (Fsp3) is 0.182. The Morgan fingerprint density at radius 1 is 1.14 bits per heavy atom. The highest BCUT2D eigenvalue weighted by Crippen LogP contribution is 2.44. The number of rotatable bonds is 3. The van der Waals surface area contributed by atoms with Gasteiger partial charge >= 0.3 is 11.6 Å². The van der Waals surface area contributed by atoms with Gasteiger partial charge in [-0.1, -0.05) is 42.0 Å². The van der Waals surface area contributed by atoms with Crippen molar-refractivity contribution in [1.29, 1.82) is 0 Å².